The van der Waals surface area contributed by atoms with Crippen LogP contribution in [0.3, 0.4) is 0 Å². The Bertz CT molecular complexity index is 486. The molecule has 2 N–H and O–H groups in total. The summed E-state index contributed by atoms with van der Waals surface area (Å²) in [6.45, 7) is 2.06. The van der Waals surface area contributed by atoms with Crippen LogP contribution in [0.25, 0.3) is 0 Å². The smallest absolute Gasteiger partial charge is 0.306 e. The van der Waals surface area contributed by atoms with Crippen LogP contribution in [0.4, 0.5) is 0 Å². The fourth-order valence-electron chi connectivity index (χ4n) is 2.96. The van der Waals surface area contributed by atoms with Crippen molar-refractivity contribution in [3.63, 3.8) is 0 Å². The lowest BCUT2D eigenvalue weighted by Gasteiger charge is -2.19. The molecule has 0 bridgehead atoms. The van der Waals surface area contributed by atoms with Crippen molar-refractivity contribution in [1.29, 1.82) is 0 Å². The topological polar surface area (TPSA) is 66.4 Å². The van der Waals surface area contributed by atoms with Gasteiger partial charge in [-0.15, -0.1) is 0 Å². The van der Waals surface area contributed by atoms with Crippen molar-refractivity contribution in [1.82, 2.24) is 5.32 Å². The van der Waals surface area contributed by atoms with Gasteiger partial charge in [-0.1, -0.05) is 37.3 Å². The molecule has 0 aromatic heterocycles. The molecule has 1 aliphatic carbocycles. The lowest BCUT2D eigenvalue weighted by molar-refractivity contribution is -0.141. The van der Waals surface area contributed by atoms with Gasteiger partial charge in [-0.25, -0.2) is 0 Å². The van der Waals surface area contributed by atoms with Gasteiger partial charge in [0.2, 0.25) is 5.91 Å². The third kappa shape index (κ3) is 4.31. The van der Waals surface area contributed by atoms with Crippen LogP contribution in [0, 0.1) is 11.8 Å². The molecule has 1 aromatic carbocycles. The molecule has 0 heterocycles. The summed E-state index contributed by atoms with van der Waals surface area (Å²) in [6.07, 6.45) is 3.46. The standard InChI is InChI=1S/C17H23NO3/c1-2-15(10-12-6-4-3-5-7-12)18-16(19)13-8-9-14(11-13)17(20)21/h3-7,13-15H,2,8-11H2,1H3,(H,18,19)(H,20,21)/t13-,14+,15?/m1/s1. The van der Waals surface area contributed by atoms with Crippen molar-refractivity contribution in [3.8, 4) is 0 Å². The highest BCUT2D eigenvalue weighted by Gasteiger charge is 2.34. The number of rotatable bonds is 6. The molecule has 4 nitrogen and oxygen atoms in total. The zero-order chi connectivity index (χ0) is 15.2. The van der Waals surface area contributed by atoms with Crippen LogP contribution in [0.1, 0.15) is 38.2 Å². The summed E-state index contributed by atoms with van der Waals surface area (Å²) >= 11 is 0. The largest absolute Gasteiger partial charge is 0.481 e. The number of carboxylic acid groups (broad SMARTS) is 1. The number of hydrogen-bond acceptors (Lipinski definition) is 2. The van der Waals surface area contributed by atoms with Crippen molar-refractivity contribution in [2.45, 2.75) is 45.1 Å². The molecule has 0 radical (unpaired) electrons. The van der Waals surface area contributed by atoms with Crippen LogP contribution < -0.4 is 5.32 Å². The van der Waals surface area contributed by atoms with Crippen LogP contribution in [0.5, 0.6) is 0 Å². The normalized spacial score (nSPS) is 22.7. The molecule has 3 atom stereocenters. The van der Waals surface area contributed by atoms with E-state index in [2.05, 4.69) is 24.4 Å². The zero-order valence-corrected chi connectivity index (χ0v) is 12.4. The number of benzene rings is 1. The van der Waals surface area contributed by atoms with Crippen molar-refractivity contribution in [2.75, 3.05) is 0 Å². The van der Waals surface area contributed by atoms with Gasteiger partial charge in [-0.2, -0.15) is 0 Å². The summed E-state index contributed by atoms with van der Waals surface area (Å²) in [4.78, 5) is 23.2. The fraction of sp³-hybridized carbons (Fsp3) is 0.529. The Kier molecular flexibility index (Phi) is 5.37. The van der Waals surface area contributed by atoms with E-state index < -0.39 is 5.97 Å². The molecule has 0 aliphatic heterocycles. The molecule has 1 fully saturated rings. The van der Waals surface area contributed by atoms with Crippen LogP contribution in [-0.2, 0) is 16.0 Å². The number of carbonyl (C=O) groups excluding carboxylic acids is 1. The number of aliphatic carboxylic acids is 1. The number of nitrogens with one attached hydrogen (secondary N) is 1. The molecule has 1 amide bonds. The Morgan fingerprint density at radius 3 is 2.48 bits per heavy atom. The summed E-state index contributed by atoms with van der Waals surface area (Å²) in [7, 11) is 0. The lowest BCUT2D eigenvalue weighted by atomic mass is 10.0. The van der Waals surface area contributed by atoms with E-state index in [1.54, 1.807) is 0 Å². The van der Waals surface area contributed by atoms with E-state index in [9.17, 15) is 9.59 Å². The SMILES string of the molecule is CCC(Cc1ccccc1)NC(=O)[C@@H]1CC[C@H](C(=O)O)C1. The third-order valence-corrected chi connectivity index (χ3v) is 4.32. The van der Waals surface area contributed by atoms with Gasteiger partial charge in [0.25, 0.3) is 0 Å². The molecule has 114 valence electrons. The van der Waals surface area contributed by atoms with E-state index >= 15 is 0 Å². The van der Waals surface area contributed by atoms with Crippen LogP contribution in [-0.4, -0.2) is 23.0 Å². The van der Waals surface area contributed by atoms with Gasteiger partial charge in [-0.3, -0.25) is 9.59 Å². The van der Waals surface area contributed by atoms with Crippen molar-refractivity contribution in [2.24, 2.45) is 11.8 Å². The molecule has 1 aliphatic rings. The number of carbonyl (C=O) groups is 2. The van der Waals surface area contributed by atoms with Gasteiger partial charge in [0.05, 0.1) is 5.92 Å². The fourth-order valence-corrected chi connectivity index (χ4v) is 2.96. The Balaban J connectivity index is 1.87. The van der Waals surface area contributed by atoms with E-state index in [0.717, 1.165) is 12.8 Å². The van der Waals surface area contributed by atoms with Crippen LogP contribution >= 0.6 is 0 Å². The summed E-state index contributed by atoms with van der Waals surface area (Å²) in [6, 6.07) is 10.2. The van der Waals surface area contributed by atoms with Crippen molar-refractivity contribution >= 4 is 11.9 Å². The molecule has 2 rings (SSSR count). The van der Waals surface area contributed by atoms with Gasteiger partial charge in [0.1, 0.15) is 0 Å². The first-order valence-electron chi connectivity index (χ1n) is 7.67. The molecular formula is C17H23NO3. The summed E-state index contributed by atoms with van der Waals surface area (Å²) < 4.78 is 0. The molecular weight excluding hydrogens is 266 g/mol. The highest BCUT2D eigenvalue weighted by atomic mass is 16.4. The molecule has 0 spiro atoms. The van der Waals surface area contributed by atoms with E-state index in [0.29, 0.717) is 19.3 Å². The number of hydrogen-bond donors (Lipinski definition) is 2. The Labute approximate surface area is 125 Å². The maximum atomic E-state index is 12.3. The maximum absolute atomic E-state index is 12.3. The predicted molar refractivity (Wildman–Crippen MR) is 80.8 cm³/mol. The second-order valence-electron chi connectivity index (χ2n) is 5.85. The van der Waals surface area contributed by atoms with Gasteiger partial charge in [-0.05, 0) is 37.7 Å². The van der Waals surface area contributed by atoms with E-state index in [-0.39, 0.29) is 23.8 Å². The summed E-state index contributed by atoms with van der Waals surface area (Å²) in [5.74, 6) is -1.26. The quantitative estimate of drug-likeness (QED) is 0.846. The van der Waals surface area contributed by atoms with Crippen LogP contribution in [0.15, 0.2) is 30.3 Å². The molecule has 4 heteroatoms. The maximum Gasteiger partial charge on any atom is 0.306 e. The second kappa shape index (κ2) is 7.25. The first-order chi connectivity index (χ1) is 10.1. The zero-order valence-electron chi connectivity index (χ0n) is 12.4. The Morgan fingerprint density at radius 1 is 1.24 bits per heavy atom. The van der Waals surface area contributed by atoms with Gasteiger partial charge >= 0.3 is 5.97 Å². The van der Waals surface area contributed by atoms with Gasteiger partial charge in [0, 0.05) is 12.0 Å². The predicted octanol–water partition coefficient (Wildman–Crippen LogP) is 2.62. The van der Waals surface area contributed by atoms with Crippen LogP contribution in [0.2, 0.25) is 0 Å². The first-order valence-corrected chi connectivity index (χ1v) is 7.67. The minimum atomic E-state index is -0.776. The Morgan fingerprint density at radius 2 is 1.90 bits per heavy atom. The third-order valence-electron chi connectivity index (χ3n) is 4.32. The van der Waals surface area contributed by atoms with Crippen molar-refractivity contribution < 1.29 is 14.7 Å². The summed E-state index contributed by atoms with van der Waals surface area (Å²) in [5.41, 5.74) is 1.21. The molecule has 21 heavy (non-hydrogen) atoms. The highest BCUT2D eigenvalue weighted by Crippen LogP contribution is 2.31. The van der Waals surface area contributed by atoms with Gasteiger partial charge < -0.3 is 10.4 Å². The minimum Gasteiger partial charge on any atom is -0.481 e. The lowest BCUT2D eigenvalue weighted by Crippen LogP contribution is -2.39. The summed E-state index contributed by atoms with van der Waals surface area (Å²) in [5, 5.41) is 12.1. The van der Waals surface area contributed by atoms with Crippen molar-refractivity contribution in [3.05, 3.63) is 35.9 Å². The average Bonchev–Trinajstić information content (AvgIpc) is 2.97. The monoisotopic (exact) mass is 289 g/mol. The minimum absolute atomic E-state index is 0.0153. The number of amides is 1. The highest BCUT2D eigenvalue weighted by molar-refractivity contribution is 5.81. The number of carboxylic acids is 1. The molecule has 1 unspecified atom stereocenters. The molecule has 0 saturated heterocycles. The molecule has 1 saturated carbocycles. The Hall–Kier alpha value is -1.84. The van der Waals surface area contributed by atoms with Gasteiger partial charge in [0.15, 0.2) is 0 Å². The van der Waals surface area contributed by atoms with E-state index in [1.165, 1.54) is 5.56 Å². The van der Waals surface area contributed by atoms with E-state index in [1.807, 2.05) is 18.2 Å². The first kappa shape index (κ1) is 15.5. The van der Waals surface area contributed by atoms with E-state index in [4.69, 9.17) is 5.11 Å². The second-order valence-corrected chi connectivity index (χ2v) is 5.85. The average molecular weight is 289 g/mol. The molecule has 1 aromatic rings.